The zero-order chi connectivity index (χ0) is 15.8. The van der Waals surface area contributed by atoms with Crippen LogP contribution in [0.2, 0.25) is 0 Å². The van der Waals surface area contributed by atoms with Gasteiger partial charge in [0.25, 0.3) is 0 Å². The monoisotopic (exact) mass is 310 g/mol. The van der Waals surface area contributed by atoms with Crippen LogP contribution in [0.4, 0.5) is 0 Å². The Bertz CT molecular complexity index is 809. The molecule has 4 rings (SSSR count). The summed E-state index contributed by atoms with van der Waals surface area (Å²) in [4.78, 5) is 6.84. The minimum absolute atomic E-state index is 0.0470. The molecule has 2 aromatic heterocycles. The molecule has 1 aliphatic rings. The molecule has 7 heteroatoms. The molecule has 0 unspecified atom stereocenters. The third-order valence-corrected chi connectivity index (χ3v) is 4.35. The van der Waals surface area contributed by atoms with Crippen molar-refractivity contribution >= 4 is 0 Å². The van der Waals surface area contributed by atoms with Gasteiger partial charge in [-0.05, 0) is 13.8 Å². The van der Waals surface area contributed by atoms with E-state index in [1.165, 1.54) is 0 Å². The fraction of sp³-hybridized carbons (Fsp3) is 0.375. The van der Waals surface area contributed by atoms with Crippen molar-refractivity contribution in [1.82, 2.24) is 29.8 Å². The number of fused-ring (bicyclic) bond motifs is 1. The molecular formula is C16H18N6O. The van der Waals surface area contributed by atoms with Crippen LogP contribution in [0.25, 0.3) is 11.4 Å². The molecule has 118 valence electrons. The van der Waals surface area contributed by atoms with E-state index in [4.69, 9.17) is 4.52 Å². The van der Waals surface area contributed by atoms with Crippen molar-refractivity contribution in [3.05, 3.63) is 47.9 Å². The molecule has 0 aliphatic carbocycles. The van der Waals surface area contributed by atoms with E-state index in [0.29, 0.717) is 11.7 Å². The molecule has 0 N–H and O–H groups in total. The van der Waals surface area contributed by atoms with E-state index in [1.807, 2.05) is 37.3 Å². The Labute approximate surface area is 134 Å². The number of hydrogen-bond donors (Lipinski definition) is 0. The summed E-state index contributed by atoms with van der Waals surface area (Å²) in [5.74, 6) is 3.22. The van der Waals surface area contributed by atoms with Crippen LogP contribution >= 0.6 is 0 Å². The van der Waals surface area contributed by atoms with Crippen LogP contribution in [0.1, 0.15) is 30.5 Å². The molecule has 1 aromatic carbocycles. The highest BCUT2D eigenvalue weighted by Crippen LogP contribution is 2.25. The molecule has 23 heavy (non-hydrogen) atoms. The van der Waals surface area contributed by atoms with Gasteiger partial charge in [0.05, 0.1) is 12.6 Å². The Kier molecular flexibility index (Phi) is 3.42. The van der Waals surface area contributed by atoms with Gasteiger partial charge < -0.3 is 9.09 Å². The predicted octanol–water partition coefficient (Wildman–Crippen LogP) is 2.21. The van der Waals surface area contributed by atoms with Crippen molar-refractivity contribution < 1.29 is 4.52 Å². The summed E-state index contributed by atoms with van der Waals surface area (Å²) in [6, 6.07) is 9.91. The number of aryl methyl sites for hydroxylation is 1. The third kappa shape index (κ3) is 2.53. The number of nitrogens with zero attached hydrogens (tertiary/aromatic N) is 6. The fourth-order valence-electron chi connectivity index (χ4n) is 2.92. The lowest BCUT2D eigenvalue weighted by atomic mass is 10.2. The van der Waals surface area contributed by atoms with Crippen LogP contribution in [0.5, 0.6) is 0 Å². The molecule has 7 nitrogen and oxygen atoms in total. The van der Waals surface area contributed by atoms with Gasteiger partial charge in [-0.2, -0.15) is 4.98 Å². The van der Waals surface area contributed by atoms with Crippen molar-refractivity contribution in [3.63, 3.8) is 0 Å². The van der Waals surface area contributed by atoms with Gasteiger partial charge in [0, 0.05) is 18.7 Å². The summed E-state index contributed by atoms with van der Waals surface area (Å²) in [6.07, 6.45) is 0. The fourth-order valence-corrected chi connectivity index (χ4v) is 2.92. The maximum Gasteiger partial charge on any atom is 0.244 e. The lowest BCUT2D eigenvalue weighted by Crippen LogP contribution is -2.36. The smallest absolute Gasteiger partial charge is 0.244 e. The van der Waals surface area contributed by atoms with Crippen LogP contribution < -0.4 is 0 Å². The second-order valence-corrected chi connectivity index (χ2v) is 5.78. The highest BCUT2D eigenvalue weighted by molar-refractivity contribution is 5.53. The SMILES string of the molecule is Cc1nnc2n1CCN([C@H](C)c1nc(-c3ccccc3)no1)C2. The summed E-state index contributed by atoms with van der Waals surface area (Å²) in [6.45, 7) is 6.61. The van der Waals surface area contributed by atoms with Crippen molar-refractivity contribution in [2.75, 3.05) is 6.54 Å². The molecule has 0 bridgehead atoms. The average molecular weight is 310 g/mol. The topological polar surface area (TPSA) is 72.9 Å². The third-order valence-electron chi connectivity index (χ3n) is 4.35. The number of benzene rings is 1. The van der Waals surface area contributed by atoms with Crippen LogP contribution in [0.3, 0.4) is 0 Å². The van der Waals surface area contributed by atoms with Gasteiger partial charge in [-0.1, -0.05) is 35.5 Å². The van der Waals surface area contributed by atoms with E-state index in [9.17, 15) is 0 Å². The molecule has 1 atom stereocenters. The number of rotatable bonds is 3. The Hall–Kier alpha value is -2.54. The maximum atomic E-state index is 5.48. The van der Waals surface area contributed by atoms with Crippen molar-refractivity contribution in [1.29, 1.82) is 0 Å². The first-order valence-electron chi connectivity index (χ1n) is 7.74. The molecule has 3 aromatic rings. The summed E-state index contributed by atoms with van der Waals surface area (Å²) in [5.41, 5.74) is 0.962. The quantitative estimate of drug-likeness (QED) is 0.738. The van der Waals surface area contributed by atoms with Gasteiger partial charge in [0.15, 0.2) is 0 Å². The van der Waals surface area contributed by atoms with Crippen molar-refractivity contribution in [2.45, 2.75) is 33.0 Å². The second-order valence-electron chi connectivity index (χ2n) is 5.78. The lowest BCUT2D eigenvalue weighted by molar-refractivity contribution is 0.135. The first-order valence-corrected chi connectivity index (χ1v) is 7.74. The maximum absolute atomic E-state index is 5.48. The molecule has 0 saturated carbocycles. The Morgan fingerprint density at radius 1 is 1.13 bits per heavy atom. The molecular weight excluding hydrogens is 292 g/mol. The largest absolute Gasteiger partial charge is 0.337 e. The van der Waals surface area contributed by atoms with Crippen LogP contribution in [-0.4, -0.2) is 36.3 Å². The predicted molar refractivity (Wildman–Crippen MR) is 83.3 cm³/mol. The van der Waals surface area contributed by atoms with Gasteiger partial charge in [0.1, 0.15) is 11.6 Å². The first kappa shape index (κ1) is 14.1. The number of aromatic nitrogens is 5. The molecule has 0 radical (unpaired) electrons. The highest BCUT2D eigenvalue weighted by Gasteiger charge is 2.27. The zero-order valence-corrected chi connectivity index (χ0v) is 13.2. The molecule has 3 heterocycles. The van der Waals surface area contributed by atoms with Gasteiger partial charge in [-0.3, -0.25) is 4.90 Å². The minimum atomic E-state index is 0.0470. The van der Waals surface area contributed by atoms with E-state index < -0.39 is 0 Å². The molecule has 0 saturated heterocycles. The molecule has 0 amide bonds. The standard InChI is InChI=1S/C16H18N6O/c1-11(21-8-9-22-12(2)18-19-14(22)10-21)16-17-15(20-23-16)13-6-4-3-5-7-13/h3-7,11H,8-10H2,1-2H3/t11-/m1/s1. The summed E-state index contributed by atoms with van der Waals surface area (Å²) in [7, 11) is 0. The Balaban J connectivity index is 1.54. The van der Waals surface area contributed by atoms with E-state index in [0.717, 1.165) is 36.8 Å². The molecule has 1 aliphatic heterocycles. The van der Waals surface area contributed by atoms with Crippen LogP contribution in [0, 0.1) is 6.92 Å². The first-order chi connectivity index (χ1) is 11.2. The van der Waals surface area contributed by atoms with Gasteiger partial charge in [-0.15, -0.1) is 10.2 Å². The lowest BCUT2D eigenvalue weighted by Gasteiger charge is -2.30. The van der Waals surface area contributed by atoms with Crippen LogP contribution in [-0.2, 0) is 13.1 Å². The zero-order valence-electron chi connectivity index (χ0n) is 13.2. The van der Waals surface area contributed by atoms with Crippen molar-refractivity contribution in [3.8, 4) is 11.4 Å². The summed E-state index contributed by atoms with van der Waals surface area (Å²) >= 11 is 0. The normalized spacial score (nSPS) is 16.3. The van der Waals surface area contributed by atoms with Gasteiger partial charge in [0.2, 0.25) is 11.7 Å². The van der Waals surface area contributed by atoms with E-state index in [2.05, 4.69) is 36.7 Å². The van der Waals surface area contributed by atoms with Gasteiger partial charge >= 0.3 is 0 Å². The van der Waals surface area contributed by atoms with Gasteiger partial charge in [-0.25, -0.2) is 0 Å². The van der Waals surface area contributed by atoms with Crippen molar-refractivity contribution in [2.24, 2.45) is 0 Å². The minimum Gasteiger partial charge on any atom is -0.337 e. The van der Waals surface area contributed by atoms with E-state index in [-0.39, 0.29) is 6.04 Å². The van der Waals surface area contributed by atoms with Crippen LogP contribution in [0.15, 0.2) is 34.9 Å². The Morgan fingerprint density at radius 3 is 2.78 bits per heavy atom. The van der Waals surface area contributed by atoms with E-state index in [1.54, 1.807) is 0 Å². The summed E-state index contributed by atoms with van der Waals surface area (Å²) < 4.78 is 7.64. The van der Waals surface area contributed by atoms with E-state index >= 15 is 0 Å². The highest BCUT2D eigenvalue weighted by atomic mass is 16.5. The molecule has 0 fully saturated rings. The Morgan fingerprint density at radius 2 is 1.96 bits per heavy atom. The number of hydrogen-bond acceptors (Lipinski definition) is 6. The second kappa shape index (κ2) is 5.58. The summed E-state index contributed by atoms with van der Waals surface area (Å²) in [5, 5.41) is 12.5. The molecule has 0 spiro atoms. The average Bonchev–Trinajstić information content (AvgIpc) is 3.22.